The first-order valence-corrected chi connectivity index (χ1v) is 19.1. The average Bonchev–Trinajstić information content (AvgIpc) is 3.17. The predicted octanol–water partition coefficient (Wildman–Crippen LogP) is 4.73. The summed E-state index contributed by atoms with van der Waals surface area (Å²) in [6.07, 6.45) is -3.90. The number of rotatable bonds is 17. The lowest BCUT2D eigenvalue weighted by Crippen LogP contribution is -2.40. The summed E-state index contributed by atoms with van der Waals surface area (Å²) in [6, 6.07) is 14.4. The maximum absolute atomic E-state index is 13.9. The summed E-state index contributed by atoms with van der Waals surface area (Å²) in [4.78, 5) is 59.1. The average molecular weight is 824 g/mol. The van der Waals surface area contributed by atoms with Crippen LogP contribution >= 0.6 is 23.5 Å². The molecule has 56 heavy (non-hydrogen) atoms. The van der Waals surface area contributed by atoms with Crippen LogP contribution in [-0.4, -0.2) is 107 Å². The zero-order valence-corrected chi connectivity index (χ0v) is 32.2. The number of aliphatic hydroxyl groups is 2. The van der Waals surface area contributed by atoms with Crippen LogP contribution in [0.2, 0.25) is 0 Å². The van der Waals surface area contributed by atoms with Crippen LogP contribution in [0.3, 0.4) is 0 Å². The number of aromatic nitrogens is 3. The van der Waals surface area contributed by atoms with Crippen molar-refractivity contribution in [3.8, 4) is 11.3 Å². The summed E-state index contributed by atoms with van der Waals surface area (Å²) in [5.74, 6) is -3.62. The molecule has 0 spiro atoms. The van der Waals surface area contributed by atoms with E-state index in [1.807, 2.05) is 6.07 Å². The molecule has 0 radical (unpaired) electrons. The molecular formula is C37H41F4N5O8S2. The summed E-state index contributed by atoms with van der Waals surface area (Å²) >= 11 is 2.54. The lowest BCUT2D eigenvalue weighted by Gasteiger charge is -2.27. The molecule has 0 bridgehead atoms. The SMILES string of the molecule is CCN(CC)CCN(Cc1ccc(-c2ccc(C(F)(F)F)cc2)nc1)C(=O)Cn1cc(SC)c(=O)nc1SCc1ccc(F)cc1.O=C(O)C(O)C(O)C(=O)O. The molecule has 4 aromatic rings. The molecule has 19 heteroatoms. The van der Waals surface area contributed by atoms with Gasteiger partial charge in [0.1, 0.15) is 12.4 Å². The minimum Gasteiger partial charge on any atom is -0.479 e. The van der Waals surface area contributed by atoms with Crippen molar-refractivity contribution >= 4 is 41.4 Å². The van der Waals surface area contributed by atoms with Gasteiger partial charge in [-0.05, 0) is 60.8 Å². The summed E-state index contributed by atoms with van der Waals surface area (Å²) in [5, 5.41) is 32.9. The molecule has 4 N–H and O–H groups in total. The van der Waals surface area contributed by atoms with Gasteiger partial charge >= 0.3 is 18.1 Å². The molecule has 0 aliphatic heterocycles. The van der Waals surface area contributed by atoms with E-state index < -0.39 is 35.9 Å². The topological polar surface area (TPSA) is 186 Å². The number of thioether (sulfide) groups is 2. The van der Waals surface area contributed by atoms with Gasteiger partial charge in [0.2, 0.25) is 5.91 Å². The van der Waals surface area contributed by atoms with Gasteiger partial charge in [0.15, 0.2) is 17.4 Å². The number of carbonyl (C=O) groups excluding carboxylic acids is 1. The Balaban J connectivity index is 0.000000739. The number of carbonyl (C=O) groups is 3. The molecule has 0 aliphatic carbocycles. The third kappa shape index (κ3) is 13.7. The molecule has 302 valence electrons. The molecule has 13 nitrogen and oxygen atoms in total. The van der Waals surface area contributed by atoms with E-state index in [9.17, 15) is 36.7 Å². The first-order valence-electron chi connectivity index (χ1n) is 16.9. The molecule has 0 saturated carbocycles. The molecule has 0 saturated heterocycles. The summed E-state index contributed by atoms with van der Waals surface area (Å²) in [5.41, 5.74) is 1.57. The Bertz CT molecular complexity index is 1950. The Morgan fingerprint density at radius 3 is 1.96 bits per heavy atom. The molecular weight excluding hydrogens is 783 g/mol. The van der Waals surface area contributed by atoms with Crippen molar-refractivity contribution in [2.45, 2.75) is 61.1 Å². The highest BCUT2D eigenvalue weighted by Gasteiger charge is 2.30. The number of hydrogen-bond donors (Lipinski definition) is 4. The van der Waals surface area contributed by atoms with Gasteiger partial charge < -0.3 is 34.8 Å². The number of likely N-dealkylation sites (N-methyl/N-ethyl adjacent to an activating group) is 1. The van der Waals surface area contributed by atoms with Crippen molar-refractivity contribution in [2.24, 2.45) is 0 Å². The van der Waals surface area contributed by atoms with Crippen molar-refractivity contribution in [1.29, 1.82) is 0 Å². The highest BCUT2D eigenvalue weighted by Crippen LogP contribution is 2.31. The molecule has 2 unspecified atom stereocenters. The highest BCUT2D eigenvalue weighted by molar-refractivity contribution is 7.98. The maximum atomic E-state index is 13.9. The second kappa shape index (κ2) is 21.5. The van der Waals surface area contributed by atoms with Crippen LogP contribution < -0.4 is 5.56 Å². The number of nitrogens with zero attached hydrogens (tertiary/aromatic N) is 5. The number of hydrogen-bond acceptors (Lipinski definition) is 11. The lowest BCUT2D eigenvalue weighted by molar-refractivity contribution is -0.165. The standard InChI is InChI=1S/C33H35F4N5O2S2.C4H6O6/c1-4-40(5-2)16-17-41(19-24-8-15-28(38-18-24)25-9-11-26(12-10-25)33(35,36)37)30(43)21-42-20-29(45-3)31(44)39-32(42)46-22-23-6-13-27(34)14-7-23;5-1(3(7)8)2(6)4(9)10/h6-15,18,20H,4-5,16-17,19,21-22H2,1-3H3;1-2,5-6H,(H,7,8)(H,9,10). The van der Waals surface area contributed by atoms with E-state index in [2.05, 4.69) is 28.7 Å². The van der Waals surface area contributed by atoms with E-state index in [0.29, 0.717) is 40.2 Å². The predicted molar refractivity (Wildman–Crippen MR) is 201 cm³/mol. The molecule has 1 amide bonds. The molecule has 2 aromatic carbocycles. The van der Waals surface area contributed by atoms with Crippen LogP contribution in [0.15, 0.2) is 87.9 Å². The van der Waals surface area contributed by atoms with E-state index in [4.69, 9.17) is 20.4 Å². The van der Waals surface area contributed by atoms with Crippen LogP contribution in [0.4, 0.5) is 17.6 Å². The van der Waals surface area contributed by atoms with Crippen LogP contribution in [0.5, 0.6) is 0 Å². The fourth-order valence-corrected chi connectivity index (χ4v) is 6.28. The Morgan fingerprint density at radius 1 is 0.875 bits per heavy atom. The normalized spacial score (nSPS) is 12.4. The second-order valence-electron chi connectivity index (χ2n) is 12.0. The Kier molecular flexibility index (Phi) is 17.5. The van der Waals surface area contributed by atoms with Gasteiger partial charge in [0, 0.05) is 43.3 Å². The van der Waals surface area contributed by atoms with Gasteiger partial charge in [-0.15, -0.1) is 11.8 Å². The molecule has 2 heterocycles. The van der Waals surface area contributed by atoms with Crippen molar-refractivity contribution < 1.29 is 52.4 Å². The first kappa shape index (κ1) is 45.6. The van der Waals surface area contributed by atoms with Crippen molar-refractivity contribution in [1.82, 2.24) is 24.3 Å². The van der Waals surface area contributed by atoms with Crippen molar-refractivity contribution in [3.63, 3.8) is 0 Å². The smallest absolute Gasteiger partial charge is 0.416 e. The number of halogens is 4. The van der Waals surface area contributed by atoms with Crippen molar-refractivity contribution in [3.05, 3.63) is 106 Å². The van der Waals surface area contributed by atoms with Crippen molar-refractivity contribution in [2.75, 3.05) is 32.4 Å². The quantitative estimate of drug-likeness (QED) is 0.0652. The number of carboxylic acids is 2. The minimum absolute atomic E-state index is 0.0537. The minimum atomic E-state index is -4.42. The maximum Gasteiger partial charge on any atom is 0.416 e. The fraction of sp³-hybridized carbons (Fsp3) is 0.351. The molecule has 2 atom stereocenters. The number of pyridine rings is 1. The summed E-state index contributed by atoms with van der Waals surface area (Å²) in [6.45, 7) is 7.08. The summed E-state index contributed by atoms with van der Waals surface area (Å²) < 4.78 is 54.0. The molecule has 0 fully saturated rings. The van der Waals surface area contributed by atoms with E-state index in [1.165, 1.54) is 47.8 Å². The Morgan fingerprint density at radius 2 is 1.46 bits per heavy atom. The van der Waals surface area contributed by atoms with Gasteiger partial charge in [-0.25, -0.2) is 14.0 Å². The first-order chi connectivity index (χ1) is 26.5. The van der Waals surface area contributed by atoms with E-state index in [-0.39, 0.29) is 30.4 Å². The van der Waals surface area contributed by atoms with Crippen LogP contribution in [0.25, 0.3) is 11.3 Å². The largest absolute Gasteiger partial charge is 0.479 e. The molecule has 4 rings (SSSR count). The third-order valence-electron chi connectivity index (χ3n) is 8.18. The van der Waals surface area contributed by atoms with E-state index >= 15 is 0 Å². The lowest BCUT2D eigenvalue weighted by atomic mass is 10.1. The van der Waals surface area contributed by atoms with Gasteiger partial charge in [-0.2, -0.15) is 18.2 Å². The molecule has 2 aromatic heterocycles. The zero-order valence-electron chi connectivity index (χ0n) is 30.5. The van der Waals surface area contributed by atoms with E-state index in [1.54, 1.807) is 46.3 Å². The number of aliphatic hydroxyl groups excluding tert-OH is 2. The van der Waals surface area contributed by atoms with Gasteiger partial charge in [-0.3, -0.25) is 14.6 Å². The highest BCUT2D eigenvalue weighted by atomic mass is 32.2. The number of carboxylic acid groups (broad SMARTS) is 2. The Labute approximate surface area is 328 Å². The number of alkyl halides is 3. The van der Waals surface area contributed by atoms with Crippen LogP contribution in [0, 0.1) is 5.82 Å². The third-order valence-corrected chi connectivity index (χ3v) is 9.96. The van der Waals surface area contributed by atoms with Gasteiger partial charge in [-0.1, -0.05) is 55.9 Å². The van der Waals surface area contributed by atoms with Crippen LogP contribution in [0.1, 0.15) is 30.5 Å². The van der Waals surface area contributed by atoms with Gasteiger partial charge in [0.25, 0.3) is 5.56 Å². The van der Waals surface area contributed by atoms with E-state index in [0.717, 1.165) is 36.3 Å². The second-order valence-corrected chi connectivity index (χ2v) is 13.8. The fourth-order valence-electron chi connectivity index (χ4n) is 4.90. The summed E-state index contributed by atoms with van der Waals surface area (Å²) in [7, 11) is 0. The van der Waals surface area contributed by atoms with Gasteiger partial charge in [0.05, 0.1) is 16.2 Å². The number of aliphatic carboxylic acids is 2. The molecule has 0 aliphatic rings. The van der Waals surface area contributed by atoms with Crippen LogP contribution in [-0.2, 0) is 39.4 Å². The number of benzene rings is 2. The monoisotopic (exact) mass is 823 g/mol. The number of amides is 1. The zero-order chi connectivity index (χ0) is 41.6. The Hall–Kier alpha value is -4.82.